The number of para-hydroxylation sites is 1. The molecule has 0 aliphatic carbocycles. The van der Waals surface area contributed by atoms with Crippen LogP contribution in [0.2, 0.25) is 0 Å². The van der Waals surface area contributed by atoms with Crippen LogP contribution in [0.1, 0.15) is 11.1 Å². The maximum atomic E-state index is 5.36. The number of pyridine rings is 1. The van der Waals surface area contributed by atoms with Crippen molar-refractivity contribution in [2.45, 2.75) is 6.92 Å². The Morgan fingerprint density at radius 3 is 2.72 bits per heavy atom. The molecule has 2 aromatic heterocycles. The Bertz CT molecular complexity index is 1170. The first-order valence-corrected chi connectivity index (χ1v) is 8.00. The second kappa shape index (κ2) is 6.18. The van der Waals surface area contributed by atoms with Crippen molar-refractivity contribution >= 4 is 28.0 Å². The number of aryl methyl sites for hydroxylation is 1. The lowest BCUT2D eigenvalue weighted by Crippen LogP contribution is -1.94. The number of rotatable bonds is 2. The van der Waals surface area contributed by atoms with E-state index in [0.717, 1.165) is 44.3 Å². The van der Waals surface area contributed by atoms with Gasteiger partial charge in [-0.15, -0.1) is 6.42 Å². The van der Waals surface area contributed by atoms with Gasteiger partial charge in [-0.05, 0) is 42.8 Å². The van der Waals surface area contributed by atoms with Crippen LogP contribution >= 0.6 is 0 Å². The third-order valence-electron chi connectivity index (χ3n) is 4.20. The Hall–Kier alpha value is -3.51. The summed E-state index contributed by atoms with van der Waals surface area (Å²) in [6.45, 7) is 2.04. The minimum Gasteiger partial charge on any atom is -0.256 e. The van der Waals surface area contributed by atoms with E-state index in [1.807, 2.05) is 55.6 Å². The molecule has 0 unspecified atom stereocenters. The van der Waals surface area contributed by atoms with Gasteiger partial charge in [0, 0.05) is 22.7 Å². The molecule has 0 fully saturated rings. The largest absolute Gasteiger partial charge is 0.256 e. The van der Waals surface area contributed by atoms with E-state index in [9.17, 15) is 0 Å². The normalized spacial score (nSPS) is 11.2. The highest BCUT2D eigenvalue weighted by atomic mass is 14.8. The first-order valence-electron chi connectivity index (χ1n) is 8.00. The van der Waals surface area contributed by atoms with E-state index in [4.69, 9.17) is 11.4 Å². The van der Waals surface area contributed by atoms with E-state index in [2.05, 4.69) is 22.0 Å². The number of hydrogen-bond donors (Lipinski definition) is 0. The van der Waals surface area contributed by atoms with Crippen molar-refractivity contribution in [3.05, 3.63) is 72.1 Å². The van der Waals surface area contributed by atoms with Gasteiger partial charge in [-0.2, -0.15) is 0 Å². The van der Waals surface area contributed by atoms with E-state index < -0.39 is 0 Å². The van der Waals surface area contributed by atoms with E-state index >= 15 is 0 Å². The summed E-state index contributed by atoms with van der Waals surface area (Å²) < 4.78 is 0. The number of hydrogen-bond acceptors (Lipinski definition) is 3. The van der Waals surface area contributed by atoms with Crippen LogP contribution in [0.3, 0.4) is 0 Å². The molecule has 0 aliphatic heterocycles. The van der Waals surface area contributed by atoms with Gasteiger partial charge >= 0.3 is 0 Å². The second-order valence-electron chi connectivity index (χ2n) is 5.84. The van der Waals surface area contributed by atoms with E-state index in [1.54, 1.807) is 12.3 Å². The van der Waals surface area contributed by atoms with Crippen LogP contribution in [0.15, 0.2) is 60.9 Å². The molecule has 118 valence electrons. The number of terminal acetylenes is 1. The van der Waals surface area contributed by atoms with Gasteiger partial charge in [-0.25, -0.2) is 4.98 Å². The third-order valence-corrected chi connectivity index (χ3v) is 4.20. The lowest BCUT2D eigenvalue weighted by Gasteiger charge is -2.08. The molecule has 3 heteroatoms. The second-order valence-corrected chi connectivity index (χ2v) is 5.84. The lowest BCUT2D eigenvalue weighted by atomic mass is 10.1. The van der Waals surface area contributed by atoms with Crippen LogP contribution in [-0.2, 0) is 0 Å². The minimum atomic E-state index is 0.798. The predicted octanol–water partition coefficient (Wildman–Crippen LogP) is 4.80. The molecule has 0 saturated carbocycles. The zero-order valence-electron chi connectivity index (χ0n) is 13.8. The molecule has 0 bridgehead atoms. The van der Waals surface area contributed by atoms with Gasteiger partial charge in [0.05, 0.1) is 28.4 Å². The molecular weight excluding hydrogens is 306 g/mol. The van der Waals surface area contributed by atoms with Crippen molar-refractivity contribution in [2.75, 3.05) is 0 Å². The summed E-state index contributed by atoms with van der Waals surface area (Å²) in [6, 6.07) is 14.1. The molecule has 0 N–H and O–H groups in total. The fourth-order valence-electron chi connectivity index (χ4n) is 2.89. The highest BCUT2D eigenvalue weighted by Gasteiger charge is 2.08. The van der Waals surface area contributed by atoms with E-state index in [-0.39, 0.29) is 0 Å². The smallest absolute Gasteiger partial charge is 0.0969 e. The molecular formula is C22H15N3. The Kier molecular flexibility index (Phi) is 3.72. The fourth-order valence-corrected chi connectivity index (χ4v) is 2.89. The van der Waals surface area contributed by atoms with E-state index in [1.165, 1.54) is 0 Å². The van der Waals surface area contributed by atoms with Gasteiger partial charge in [0.2, 0.25) is 0 Å². The van der Waals surface area contributed by atoms with Crippen LogP contribution in [-0.4, -0.2) is 15.0 Å². The number of benzene rings is 2. The molecule has 0 aliphatic rings. The Balaban J connectivity index is 1.92. The van der Waals surface area contributed by atoms with Crippen molar-refractivity contribution < 1.29 is 0 Å². The number of fused-ring (bicyclic) bond motifs is 2. The molecule has 0 spiro atoms. The van der Waals surface area contributed by atoms with Crippen LogP contribution in [0.25, 0.3) is 39.3 Å². The maximum absolute atomic E-state index is 5.36. The first kappa shape index (κ1) is 15.0. The number of aromatic nitrogens is 3. The molecule has 0 atom stereocenters. The fraction of sp³-hybridized carbons (Fsp3) is 0.0455. The van der Waals surface area contributed by atoms with Crippen molar-refractivity contribution in [1.82, 2.24) is 15.0 Å². The number of allylic oxidation sites excluding steroid dienone is 1. The molecule has 3 nitrogen and oxygen atoms in total. The van der Waals surface area contributed by atoms with Crippen molar-refractivity contribution in [3.63, 3.8) is 0 Å². The van der Waals surface area contributed by atoms with Crippen LogP contribution in [0.5, 0.6) is 0 Å². The van der Waals surface area contributed by atoms with Gasteiger partial charge in [-0.1, -0.05) is 30.2 Å². The molecule has 4 aromatic rings. The molecule has 4 rings (SSSR count). The Labute approximate surface area is 146 Å². The molecule has 0 saturated heterocycles. The minimum absolute atomic E-state index is 0.798. The van der Waals surface area contributed by atoms with Crippen molar-refractivity contribution in [1.29, 1.82) is 0 Å². The monoisotopic (exact) mass is 321 g/mol. The van der Waals surface area contributed by atoms with Crippen molar-refractivity contribution in [2.24, 2.45) is 0 Å². The van der Waals surface area contributed by atoms with Gasteiger partial charge in [0.25, 0.3) is 0 Å². The Morgan fingerprint density at radius 1 is 1.00 bits per heavy atom. The highest BCUT2D eigenvalue weighted by molar-refractivity contribution is 5.88. The topological polar surface area (TPSA) is 38.7 Å². The summed E-state index contributed by atoms with van der Waals surface area (Å²) in [5, 5.41) is 1.08. The third kappa shape index (κ3) is 2.75. The van der Waals surface area contributed by atoms with E-state index in [0.29, 0.717) is 0 Å². The average molecular weight is 321 g/mol. The zero-order valence-corrected chi connectivity index (χ0v) is 13.8. The van der Waals surface area contributed by atoms with Gasteiger partial charge < -0.3 is 0 Å². The maximum Gasteiger partial charge on any atom is 0.0969 e. The van der Waals surface area contributed by atoms with Crippen molar-refractivity contribution in [3.8, 4) is 23.6 Å². The standard InChI is InChI=1S/C22H15N3/c1-3-4-8-18-15(2)10-11-20-22(18)25-21(14-24-20)17-12-16-7-5-6-9-19(16)23-13-17/h1,4-14H,2H3/b8-4-. The first-order chi connectivity index (χ1) is 12.3. The molecule has 2 aromatic carbocycles. The van der Waals surface area contributed by atoms with Crippen LogP contribution < -0.4 is 0 Å². The van der Waals surface area contributed by atoms with Gasteiger partial charge in [0.15, 0.2) is 0 Å². The Morgan fingerprint density at radius 2 is 1.84 bits per heavy atom. The summed E-state index contributed by atoms with van der Waals surface area (Å²) in [4.78, 5) is 13.9. The highest BCUT2D eigenvalue weighted by Crippen LogP contribution is 2.25. The number of nitrogens with zero attached hydrogens (tertiary/aromatic N) is 3. The summed E-state index contributed by atoms with van der Waals surface area (Å²) in [7, 11) is 0. The van der Waals surface area contributed by atoms with Gasteiger partial charge in [-0.3, -0.25) is 9.97 Å². The summed E-state index contributed by atoms with van der Waals surface area (Å²) in [5.74, 6) is 2.54. The zero-order chi connectivity index (χ0) is 17.2. The molecule has 25 heavy (non-hydrogen) atoms. The molecule has 2 heterocycles. The molecule has 0 radical (unpaired) electrons. The summed E-state index contributed by atoms with van der Waals surface area (Å²) in [5.41, 5.74) is 6.51. The van der Waals surface area contributed by atoms with Crippen LogP contribution in [0, 0.1) is 19.3 Å². The SMILES string of the molecule is C#C/C=C\c1c(C)ccc2ncc(-c3cnc4ccccc4c3)nc12. The molecule has 0 amide bonds. The summed E-state index contributed by atoms with van der Waals surface area (Å²) >= 11 is 0. The van der Waals surface area contributed by atoms with Gasteiger partial charge in [0.1, 0.15) is 0 Å². The quantitative estimate of drug-likeness (QED) is 0.498. The lowest BCUT2D eigenvalue weighted by molar-refractivity contribution is 1.27. The predicted molar refractivity (Wildman–Crippen MR) is 103 cm³/mol. The average Bonchev–Trinajstić information content (AvgIpc) is 2.66. The van der Waals surface area contributed by atoms with Crippen LogP contribution in [0.4, 0.5) is 0 Å². The summed E-state index contributed by atoms with van der Waals surface area (Å²) in [6.07, 6.45) is 12.6.